The number of carbonyl (C=O) groups excluding carboxylic acids is 2. The fourth-order valence-electron chi connectivity index (χ4n) is 1.86. The van der Waals surface area contributed by atoms with Gasteiger partial charge in [0.05, 0.1) is 19.1 Å². The molecule has 2 aromatic rings. The lowest BCUT2D eigenvalue weighted by Crippen LogP contribution is -2.04. The summed E-state index contributed by atoms with van der Waals surface area (Å²) in [6, 6.07) is 8.44. The van der Waals surface area contributed by atoms with Crippen molar-refractivity contribution in [2.24, 2.45) is 0 Å². The molecule has 0 heterocycles. The molecule has 0 aliphatic rings. The van der Waals surface area contributed by atoms with E-state index in [9.17, 15) is 14.7 Å². The van der Waals surface area contributed by atoms with E-state index in [2.05, 4.69) is 4.74 Å². The largest absolute Gasteiger partial charge is 0.507 e. The van der Waals surface area contributed by atoms with Gasteiger partial charge in [0, 0.05) is 0 Å². The summed E-state index contributed by atoms with van der Waals surface area (Å²) in [5.41, 5.74) is 1.06. The summed E-state index contributed by atoms with van der Waals surface area (Å²) < 4.78 is 4.60. The highest BCUT2D eigenvalue weighted by molar-refractivity contribution is 6.01. The van der Waals surface area contributed by atoms with Gasteiger partial charge < -0.3 is 9.84 Å². The van der Waals surface area contributed by atoms with Crippen molar-refractivity contribution in [1.82, 2.24) is 0 Å². The highest BCUT2D eigenvalue weighted by Gasteiger charge is 2.08. The molecule has 0 amide bonds. The number of hydrogen-bond acceptors (Lipinski definition) is 4. The van der Waals surface area contributed by atoms with Gasteiger partial charge in [-0.05, 0) is 22.4 Å². The van der Waals surface area contributed by atoms with Gasteiger partial charge in [0.15, 0.2) is 6.29 Å². The van der Waals surface area contributed by atoms with Crippen molar-refractivity contribution in [3.63, 3.8) is 0 Å². The topological polar surface area (TPSA) is 63.6 Å². The Hall–Kier alpha value is -2.36. The number of fused-ring (bicyclic) bond motifs is 1. The van der Waals surface area contributed by atoms with Crippen LogP contribution in [0.2, 0.25) is 0 Å². The minimum absolute atomic E-state index is 0.0433. The minimum Gasteiger partial charge on any atom is -0.507 e. The van der Waals surface area contributed by atoms with E-state index in [0.717, 1.165) is 10.9 Å². The molecule has 4 heteroatoms. The number of benzene rings is 2. The smallest absolute Gasteiger partial charge is 0.309 e. The third kappa shape index (κ3) is 2.18. The molecule has 0 unspecified atom stereocenters. The Balaban J connectivity index is 2.50. The fourth-order valence-corrected chi connectivity index (χ4v) is 1.86. The molecule has 0 bridgehead atoms. The van der Waals surface area contributed by atoms with E-state index >= 15 is 0 Å². The maximum absolute atomic E-state index is 11.2. The first-order valence-electron chi connectivity index (χ1n) is 5.42. The number of esters is 1. The molecule has 2 aromatic carbocycles. The second-order valence-corrected chi connectivity index (χ2v) is 3.92. The number of ether oxygens (including phenoxy) is 1. The number of aldehydes is 1. The average molecular weight is 244 g/mol. The Kier molecular flexibility index (Phi) is 3.28. The summed E-state index contributed by atoms with van der Waals surface area (Å²) in [6.07, 6.45) is 0.807. The Labute approximate surface area is 104 Å². The fraction of sp³-hybridized carbons (Fsp3) is 0.143. The molecule has 0 aliphatic heterocycles. The van der Waals surface area contributed by atoms with Crippen LogP contribution in [0.1, 0.15) is 15.9 Å². The molecule has 18 heavy (non-hydrogen) atoms. The molecule has 4 nitrogen and oxygen atoms in total. The zero-order chi connectivity index (χ0) is 13.1. The summed E-state index contributed by atoms with van der Waals surface area (Å²) in [7, 11) is 1.34. The number of carbonyl (C=O) groups is 2. The molecule has 0 atom stereocenters. The van der Waals surface area contributed by atoms with Crippen LogP contribution in [-0.2, 0) is 16.0 Å². The first-order valence-corrected chi connectivity index (χ1v) is 5.42. The number of methoxy groups -OCH3 is 1. The third-order valence-corrected chi connectivity index (χ3v) is 2.80. The van der Waals surface area contributed by atoms with E-state index in [4.69, 9.17) is 0 Å². The average Bonchev–Trinajstić information content (AvgIpc) is 2.38. The molecule has 0 saturated heterocycles. The van der Waals surface area contributed by atoms with Crippen molar-refractivity contribution in [1.29, 1.82) is 0 Å². The normalized spacial score (nSPS) is 10.3. The SMILES string of the molecule is COC(=O)Cc1ccc2c(C=O)c(O)ccc2c1. The van der Waals surface area contributed by atoms with Crippen LogP contribution >= 0.6 is 0 Å². The standard InChI is InChI=1S/C14H12O4/c1-18-14(17)7-9-2-4-11-10(6-9)3-5-13(16)12(11)8-15/h2-6,8,16H,7H2,1H3. The van der Waals surface area contributed by atoms with Crippen LogP contribution in [-0.4, -0.2) is 24.5 Å². The molecule has 0 aliphatic carbocycles. The summed E-state index contributed by atoms with van der Waals surface area (Å²) in [5.74, 6) is -0.359. The van der Waals surface area contributed by atoms with E-state index in [0.29, 0.717) is 11.7 Å². The van der Waals surface area contributed by atoms with E-state index in [-0.39, 0.29) is 23.7 Å². The predicted octanol–water partition coefficient (Wildman–Crippen LogP) is 2.07. The highest BCUT2D eigenvalue weighted by Crippen LogP contribution is 2.26. The van der Waals surface area contributed by atoms with Crippen molar-refractivity contribution in [2.75, 3.05) is 7.11 Å². The van der Waals surface area contributed by atoms with Gasteiger partial charge in [0.2, 0.25) is 0 Å². The molecule has 0 fully saturated rings. The molecule has 0 aromatic heterocycles. The van der Waals surface area contributed by atoms with Gasteiger partial charge in [0.25, 0.3) is 0 Å². The summed E-state index contributed by atoms with van der Waals surface area (Å²) in [5, 5.41) is 11.0. The summed E-state index contributed by atoms with van der Waals surface area (Å²) >= 11 is 0. The Morgan fingerprint density at radius 2 is 2.11 bits per heavy atom. The quantitative estimate of drug-likeness (QED) is 0.663. The first kappa shape index (κ1) is 12.1. The lowest BCUT2D eigenvalue weighted by Gasteiger charge is -2.06. The molecule has 0 radical (unpaired) electrons. The minimum atomic E-state index is -0.316. The van der Waals surface area contributed by atoms with Gasteiger partial charge >= 0.3 is 5.97 Å². The van der Waals surface area contributed by atoms with Gasteiger partial charge in [-0.2, -0.15) is 0 Å². The van der Waals surface area contributed by atoms with E-state index < -0.39 is 0 Å². The van der Waals surface area contributed by atoms with Gasteiger partial charge in [-0.25, -0.2) is 0 Å². The molecule has 1 N–H and O–H groups in total. The molecule has 0 saturated carbocycles. The predicted molar refractivity (Wildman–Crippen MR) is 66.7 cm³/mol. The van der Waals surface area contributed by atoms with Gasteiger partial charge in [-0.1, -0.05) is 24.3 Å². The second-order valence-electron chi connectivity index (χ2n) is 3.92. The van der Waals surface area contributed by atoms with Crippen LogP contribution < -0.4 is 0 Å². The van der Waals surface area contributed by atoms with E-state index in [1.807, 2.05) is 0 Å². The van der Waals surface area contributed by atoms with Crippen LogP contribution in [0.4, 0.5) is 0 Å². The van der Waals surface area contributed by atoms with Crippen molar-refractivity contribution >= 4 is 23.0 Å². The first-order chi connectivity index (χ1) is 8.65. The van der Waals surface area contributed by atoms with Crippen LogP contribution in [0.3, 0.4) is 0 Å². The van der Waals surface area contributed by atoms with Crippen molar-refractivity contribution in [3.8, 4) is 5.75 Å². The van der Waals surface area contributed by atoms with Gasteiger partial charge in [-0.3, -0.25) is 9.59 Å². The molecule has 2 rings (SSSR count). The molecular weight excluding hydrogens is 232 g/mol. The number of phenolic OH excluding ortho intramolecular Hbond substituents is 1. The van der Waals surface area contributed by atoms with Crippen LogP contribution in [0, 0.1) is 0 Å². The summed E-state index contributed by atoms with van der Waals surface area (Å²) in [4.78, 5) is 22.1. The number of phenols is 1. The second kappa shape index (κ2) is 4.87. The number of hydrogen-bond donors (Lipinski definition) is 1. The van der Waals surface area contributed by atoms with Crippen LogP contribution in [0.25, 0.3) is 10.8 Å². The Bertz CT molecular complexity index is 616. The van der Waals surface area contributed by atoms with Crippen molar-refractivity contribution in [2.45, 2.75) is 6.42 Å². The molecule has 0 spiro atoms. The zero-order valence-electron chi connectivity index (χ0n) is 9.84. The summed E-state index contributed by atoms with van der Waals surface area (Å²) in [6.45, 7) is 0. The molecular formula is C14H12O4. The van der Waals surface area contributed by atoms with Gasteiger partial charge in [-0.15, -0.1) is 0 Å². The third-order valence-electron chi connectivity index (χ3n) is 2.80. The lowest BCUT2D eigenvalue weighted by atomic mass is 10.0. The monoisotopic (exact) mass is 244 g/mol. The maximum Gasteiger partial charge on any atom is 0.309 e. The van der Waals surface area contributed by atoms with E-state index in [1.54, 1.807) is 24.3 Å². The zero-order valence-corrected chi connectivity index (χ0v) is 9.84. The molecule has 92 valence electrons. The van der Waals surface area contributed by atoms with Crippen LogP contribution in [0.15, 0.2) is 30.3 Å². The van der Waals surface area contributed by atoms with Crippen LogP contribution in [0.5, 0.6) is 5.75 Å². The Morgan fingerprint density at radius 1 is 1.33 bits per heavy atom. The van der Waals surface area contributed by atoms with E-state index in [1.165, 1.54) is 13.2 Å². The lowest BCUT2D eigenvalue weighted by molar-refractivity contribution is -0.139. The van der Waals surface area contributed by atoms with Crippen molar-refractivity contribution < 1.29 is 19.4 Å². The van der Waals surface area contributed by atoms with Crippen molar-refractivity contribution in [3.05, 3.63) is 41.5 Å². The number of rotatable bonds is 3. The number of aromatic hydroxyl groups is 1. The van der Waals surface area contributed by atoms with Gasteiger partial charge in [0.1, 0.15) is 5.75 Å². The Morgan fingerprint density at radius 3 is 2.78 bits per heavy atom. The highest BCUT2D eigenvalue weighted by atomic mass is 16.5. The maximum atomic E-state index is 11.2.